The van der Waals surface area contributed by atoms with E-state index in [4.69, 9.17) is 0 Å². The fraction of sp³-hybridized carbons (Fsp3) is 0.353. The maximum atomic E-state index is 12.6. The minimum absolute atomic E-state index is 0.101. The minimum Gasteiger partial charge on any atom is -0.336 e. The Morgan fingerprint density at radius 3 is 2.42 bits per heavy atom. The van der Waals surface area contributed by atoms with E-state index in [9.17, 15) is 14.4 Å². The molecule has 0 aliphatic rings. The fourth-order valence-corrected chi connectivity index (χ4v) is 2.23. The number of nitrogens with zero attached hydrogens (tertiary/aromatic N) is 3. The van der Waals surface area contributed by atoms with Crippen molar-refractivity contribution in [2.45, 2.75) is 13.1 Å². The van der Waals surface area contributed by atoms with E-state index in [1.54, 1.807) is 4.90 Å². The first-order valence-electron chi connectivity index (χ1n) is 7.72. The molecule has 0 atom stereocenters. The largest absolute Gasteiger partial charge is 0.336 e. The van der Waals surface area contributed by atoms with E-state index in [2.05, 4.69) is 4.98 Å². The van der Waals surface area contributed by atoms with E-state index >= 15 is 0 Å². The zero-order valence-electron chi connectivity index (χ0n) is 13.9. The first kappa shape index (κ1) is 17.7. The predicted octanol–water partition coefficient (Wildman–Crippen LogP) is 0.127. The molecule has 1 amide bonds. The van der Waals surface area contributed by atoms with Gasteiger partial charge in [-0.05, 0) is 19.7 Å². The van der Waals surface area contributed by atoms with Gasteiger partial charge in [-0.2, -0.15) is 0 Å². The van der Waals surface area contributed by atoms with Crippen LogP contribution in [0, 0.1) is 0 Å². The van der Waals surface area contributed by atoms with E-state index < -0.39 is 11.2 Å². The van der Waals surface area contributed by atoms with Gasteiger partial charge in [0.1, 0.15) is 6.54 Å². The molecule has 0 fully saturated rings. The van der Waals surface area contributed by atoms with Crippen molar-refractivity contribution < 1.29 is 4.79 Å². The van der Waals surface area contributed by atoms with Crippen molar-refractivity contribution in [3.8, 4) is 0 Å². The summed E-state index contributed by atoms with van der Waals surface area (Å²) in [4.78, 5) is 41.4. The van der Waals surface area contributed by atoms with Crippen LogP contribution < -0.4 is 11.2 Å². The van der Waals surface area contributed by atoms with Gasteiger partial charge in [-0.15, -0.1) is 0 Å². The molecule has 0 aliphatic heterocycles. The number of H-pyrrole nitrogens is 1. The Hall–Kier alpha value is -2.67. The number of hydrogen-bond acceptors (Lipinski definition) is 4. The molecular formula is C17H22N4O3. The maximum Gasteiger partial charge on any atom is 0.328 e. The molecule has 0 bridgehead atoms. The number of carbonyl (C=O) groups excluding carboxylic acids is 1. The number of rotatable bonds is 7. The van der Waals surface area contributed by atoms with Gasteiger partial charge in [0, 0.05) is 31.9 Å². The summed E-state index contributed by atoms with van der Waals surface area (Å²) < 4.78 is 1.21. The SMILES string of the molecule is CN(C)CCN(Cc1ccccc1)C(=O)Cn1ccc(=O)[nH]c1=O. The Kier molecular flexibility index (Phi) is 6.08. The standard InChI is InChI=1S/C17H22N4O3/c1-19(2)10-11-20(12-14-6-4-3-5-7-14)16(23)13-21-9-8-15(22)18-17(21)24/h3-9H,10-13H2,1-2H3,(H,18,22,24). The molecule has 1 heterocycles. The molecule has 0 unspecified atom stereocenters. The Morgan fingerprint density at radius 2 is 1.79 bits per heavy atom. The van der Waals surface area contributed by atoms with Crippen molar-refractivity contribution in [3.05, 3.63) is 69.0 Å². The van der Waals surface area contributed by atoms with Crippen LogP contribution in [0.1, 0.15) is 5.56 Å². The van der Waals surface area contributed by atoms with Gasteiger partial charge in [-0.1, -0.05) is 30.3 Å². The van der Waals surface area contributed by atoms with Crippen molar-refractivity contribution >= 4 is 5.91 Å². The quantitative estimate of drug-likeness (QED) is 0.782. The molecule has 0 saturated heterocycles. The van der Waals surface area contributed by atoms with Crippen LogP contribution in [0.4, 0.5) is 0 Å². The molecule has 1 N–H and O–H groups in total. The number of benzene rings is 1. The lowest BCUT2D eigenvalue weighted by molar-refractivity contribution is -0.132. The first-order valence-corrected chi connectivity index (χ1v) is 7.72. The number of aromatic nitrogens is 2. The van der Waals surface area contributed by atoms with Crippen molar-refractivity contribution in [1.29, 1.82) is 0 Å². The Morgan fingerprint density at radius 1 is 1.08 bits per heavy atom. The number of aromatic amines is 1. The molecule has 0 spiro atoms. The smallest absolute Gasteiger partial charge is 0.328 e. The van der Waals surface area contributed by atoms with Gasteiger partial charge in [0.15, 0.2) is 0 Å². The zero-order chi connectivity index (χ0) is 17.5. The highest BCUT2D eigenvalue weighted by Crippen LogP contribution is 2.05. The molecule has 2 rings (SSSR count). The lowest BCUT2D eigenvalue weighted by Crippen LogP contribution is -2.40. The third-order valence-electron chi connectivity index (χ3n) is 3.59. The van der Waals surface area contributed by atoms with Crippen molar-refractivity contribution in [1.82, 2.24) is 19.4 Å². The summed E-state index contributed by atoms with van der Waals surface area (Å²) >= 11 is 0. The van der Waals surface area contributed by atoms with E-state index in [-0.39, 0.29) is 12.5 Å². The number of likely N-dealkylation sites (N-methyl/N-ethyl adjacent to an activating group) is 1. The average Bonchev–Trinajstić information content (AvgIpc) is 2.54. The summed E-state index contributed by atoms with van der Waals surface area (Å²) in [5.74, 6) is -0.171. The van der Waals surface area contributed by atoms with Gasteiger partial charge in [0.2, 0.25) is 5.91 Å². The zero-order valence-corrected chi connectivity index (χ0v) is 13.9. The van der Waals surface area contributed by atoms with Crippen molar-refractivity contribution in [2.75, 3.05) is 27.2 Å². The Labute approximate surface area is 140 Å². The summed E-state index contributed by atoms with van der Waals surface area (Å²) in [5.41, 5.74) is -0.0287. The molecular weight excluding hydrogens is 308 g/mol. The Bertz CT molecular complexity index is 780. The number of amides is 1. The molecule has 1 aromatic heterocycles. The molecule has 0 aliphatic carbocycles. The summed E-state index contributed by atoms with van der Waals surface area (Å²) in [6, 6.07) is 10.9. The van der Waals surface area contributed by atoms with E-state index in [1.807, 2.05) is 49.3 Å². The van der Waals surface area contributed by atoms with Crippen LogP contribution in [-0.2, 0) is 17.9 Å². The van der Waals surface area contributed by atoms with Gasteiger partial charge in [-0.25, -0.2) is 4.79 Å². The van der Waals surface area contributed by atoms with Gasteiger partial charge in [0.05, 0.1) is 0 Å². The number of hydrogen-bond donors (Lipinski definition) is 1. The van der Waals surface area contributed by atoms with Crippen LogP contribution in [0.2, 0.25) is 0 Å². The topological polar surface area (TPSA) is 78.4 Å². The van der Waals surface area contributed by atoms with Gasteiger partial charge < -0.3 is 9.80 Å². The molecule has 24 heavy (non-hydrogen) atoms. The van der Waals surface area contributed by atoms with Gasteiger partial charge >= 0.3 is 5.69 Å². The van der Waals surface area contributed by atoms with Crippen LogP contribution in [0.15, 0.2) is 52.2 Å². The highest BCUT2D eigenvalue weighted by molar-refractivity contribution is 5.76. The fourth-order valence-electron chi connectivity index (χ4n) is 2.23. The average molecular weight is 330 g/mol. The van der Waals surface area contributed by atoms with E-state index in [1.165, 1.54) is 16.8 Å². The lowest BCUT2D eigenvalue weighted by atomic mass is 10.2. The third kappa shape index (κ3) is 5.20. The molecule has 0 radical (unpaired) electrons. The van der Waals surface area contributed by atoms with Gasteiger partial charge in [-0.3, -0.25) is 19.1 Å². The van der Waals surface area contributed by atoms with Crippen LogP contribution in [0.3, 0.4) is 0 Å². The monoisotopic (exact) mass is 330 g/mol. The second-order valence-corrected chi connectivity index (χ2v) is 5.84. The summed E-state index contributed by atoms with van der Waals surface area (Å²) in [5, 5.41) is 0. The number of nitrogens with one attached hydrogen (secondary N) is 1. The lowest BCUT2D eigenvalue weighted by Gasteiger charge is -2.25. The van der Waals surface area contributed by atoms with Crippen molar-refractivity contribution in [3.63, 3.8) is 0 Å². The highest BCUT2D eigenvalue weighted by Gasteiger charge is 2.15. The molecule has 1 aromatic carbocycles. The summed E-state index contributed by atoms with van der Waals surface area (Å²) in [6.45, 7) is 1.65. The highest BCUT2D eigenvalue weighted by atomic mass is 16.2. The second kappa shape index (κ2) is 8.26. The second-order valence-electron chi connectivity index (χ2n) is 5.84. The number of carbonyl (C=O) groups is 1. The molecule has 7 heteroatoms. The molecule has 7 nitrogen and oxygen atoms in total. The molecule has 2 aromatic rings. The first-order chi connectivity index (χ1) is 11.5. The van der Waals surface area contributed by atoms with Crippen molar-refractivity contribution in [2.24, 2.45) is 0 Å². The van der Waals surface area contributed by atoms with Crippen LogP contribution in [0.5, 0.6) is 0 Å². The summed E-state index contributed by atoms with van der Waals surface area (Å²) in [6.07, 6.45) is 1.34. The minimum atomic E-state index is -0.580. The molecule has 128 valence electrons. The van der Waals surface area contributed by atoms with E-state index in [0.717, 1.165) is 12.1 Å². The normalized spacial score (nSPS) is 10.8. The van der Waals surface area contributed by atoms with Crippen LogP contribution in [-0.4, -0.2) is 52.4 Å². The van der Waals surface area contributed by atoms with Crippen LogP contribution in [0.25, 0.3) is 0 Å². The summed E-state index contributed by atoms with van der Waals surface area (Å²) in [7, 11) is 3.88. The molecule has 0 saturated carbocycles. The maximum absolute atomic E-state index is 12.6. The van der Waals surface area contributed by atoms with Crippen LogP contribution >= 0.6 is 0 Å². The predicted molar refractivity (Wildman–Crippen MR) is 91.7 cm³/mol. The van der Waals surface area contributed by atoms with E-state index in [0.29, 0.717) is 13.1 Å². The van der Waals surface area contributed by atoms with Gasteiger partial charge in [0.25, 0.3) is 5.56 Å². The third-order valence-corrected chi connectivity index (χ3v) is 3.59. The Balaban J connectivity index is 2.13.